The van der Waals surface area contributed by atoms with Gasteiger partial charge in [-0.1, -0.05) is 85.5 Å². The van der Waals surface area contributed by atoms with E-state index in [1.165, 1.54) is 17.0 Å². The molecule has 0 aliphatic heterocycles. The van der Waals surface area contributed by atoms with Crippen molar-refractivity contribution in [1.29, 1.82) is 0 Å². The topological polar surface area (TPSA) is 86.8 Å². The van der Waals surface area contributed by atoms with Crippen LogP contribution in [0.2, 0.25) is 5.02 Å². The van der Waals surface area contributed by atoms with E-state index >= 15 is 0 Å². The molecule has 3 aromatic rings. The number of carbonyl (C=O) groups is 2. The predicted octanol–water partition coefficient (Wildman–Crippen LogP) is 5.64. The Morgan fingerprint density at radius 2 is 1.67 bits per heavy atom. The summed E-state index contributed by atoms with van der Waals surface area (Å²) >= 11 is 6.30. The van der Waals surface area contributed by atoms with E-state index in [1.54, 1.807) is 37.3 Å². The van der Waals surface area contributed by atoms with Gasteiger partial charge in [-0.05, 0) is 49.1 Å². The van der Waals surface area contributed by atoms with Crippen LogP contribution in [0.3, 0.4) is 0 Å². The quantitative estimate of drug-likeness (QED) is 0.303. The van der Waals surface area contributed by atoms with E-state index in [0.717, 1.165) is 53.8 Å². The number of carbonyl (C=O) groups excluding carboxylic acids is 2. The van der Waals surface area contributed by atoms with Crippen molar-refractivity contribution in [3.63, 3.8) is 0 Å². The Morgan fingerprint density at radius 3 is 2.31 bits per heavy atom. The van der Waals surface area contributed by atoms with E-state index in [9.17, 15) is 22.4 Å². The zero-order valence-corrected chi connectivity index (χ0v) is 25.5. The summed E-state index contributed by atoms with van der Waals surface area (Å²) in [7, 11) is -3.93. The van der Waals surface area contributed by atoms with Crippen molar-refractivity contribution in [1.82, 2.24) is 10.2 Å². The first-order chi connectivity index (χ1) is 20.0. The summed E-state index contributed by atoms with van der Waals surface area (Å²) in [6.07, 6.45) is 6.01. The largest absolute Gasteiger partial charge is 0.352 e. The molecule has 7 nitrogen and oxygen atoms in total. The number of sulfonamides is 1. The third kappa shape index (κ3) is 8.32. The van der Waals surface area contributed by atoms with Crippen LogP contribution in [0.25, 0.3) is 0 Å². The van der Waals surface area contributed by atoms with E-state index in [-0.39, 0.29) is 36.2 Å². The lowest BCUT2D eigenvalue weighted by molar-refractivity contribution is -0.140. The number of hydrogen-bond acceptors (Lipinski definition) is 4. The molecular formula is C32H37ClFN3O4S. The van der Waals surface area contributed by atoms with Crippen molar-refractivity contribution in [2.24, 2.45) is 0 Å². The smallest absolute Gasteiger partial charge is 0.244 e. The third-order valence-electron chi connectivity index (χ3n) is 7.64. The van der Waals surface area contributed by atoms with E-state index < -0.39 is 34.3 Å². The number of hydrogen-bond donors (Lipinski definition) is 1. The van der Waals surface area contributed by atoms with E-state index in [0.29, 0.717) is 5.02 Å². The lowest BCUT2D eigenvalue weighted by Gasteiger charge is -2.35. The van der Waals surface area contributed by atoms with Crippen molar-refractivity contribution in [2.45, 2.75) is 64.1 Å². The number of rotatable bonds is 11. The van der Waals surface area contributed by atoms with Gasteiger partial charge in [0.2, 0.25) is 21.8 Å². The molecule has 0 heterocycles. The highest BCUT2D eigenvalue weighted by molar-refractivity contribution is 7.92. The third-order valence-corrected chi connectivity index (χ3v) is 9.19. The maximum absolute atomic E-state index is 14.9. The molecule has 4 rings (SSSR count). The summed E-state index contributed by atoms with van der Waals surface area (Å²) in [5, 5.41) is 3.48. The van der Waals surface area contributed by atoms with Crippen LogP contribution in [-0.4, -0.2) is 50.0 Å². The summed E-state index contributed by atoms with van der Waals surface area (Å²) in [6.45, 7) is 0.985. The van der Waals surface area contributed by atoms with Gasteiger partial charge in [0, 0.05) is 29.6 Å². The van der Waals surface area contributed by atoms with Crippen LogP contribution in [0.15, 0.2) is 72.8 Å². The number of aryl methyl sites for hydroxylation is 1. The molecule has 1 saturated carbocycles. The second kappa shape index (κ2) is 14.2. The molecule has 1 N–H and O–H groups in total. The van der Waals surface area contributed by atoms with Crippen LogP contribution in [0.1, 0.15) is 48.8 Å². The summed E-state index contributed by atoms with van der Waals surface area (Å²) in [5.74, 6) is -1.51. The Morgan fingerprint density at radius 1 is 1.00 bits per heavy atom. The summed E-state index contributed by atoms with van der Waals surface area (Å²) in [4.78, 5) is 29.4. The average molecular weight is 614 g/mol. The highest BCUT2D eigenvalue weighted by Gasteiger charge is 2.34. The minimum absolute atomic E-state index is 0.0165. The predicted molar refractivity (Wildman–Crippen MR) is 164 cm³/mol. The lowest BCUT2D eigenvalue weighted by Crippen LogP contribution is -2.55. The second-order valence-electron chi connectivity index (χ2n) is 10.9. The maximum Gasteiger partial charge on any atom is 0.244 e. The Labute approximate surface area is 252 Å². The van der Waals surface area contributed by atoms with Crippen LogP contribution >= 0.6 is 11.6 Å². The number of nitrogens with zero attached hydrogens (tertiary/aromatic N) is 2. The van der Waals surface area contributed by atoms with Gasteiger partial charge in [-0.3, -0.25) is 13.9 Å². The average Bonchev–Trinajstić information content (AvgIpc) is 2.96. The molecule has 0 saturated heterocycles. The van der Waals surface area contributed by atoms with Gasteiger partial charge in [0.05, 0.1) is 11.9 Å². The minimum atomic E-state index is -3.93. The molecule has 1 aliphatic carbocycles. The number of halogens is 2. The highest BCUT2D eigenvalue weighted by atomic mass is 35.5. The normalized spacial score (nSPS) is 14.7. The lowest BCUT2D eigenvalue weighted by atomic mass is 9.94. The molecule has 0 spiro atoms. The second-order valence-corrected chi connectivity index (χ2v) is 13.2. The molecule has 42 heavy (non-hydrogen) atoms. The Balaban J connectivity index is 1.74. The van der Waals surface area contributed by atoms with Gasteiger partial charge in [-0.25, -0.2) is 12.8 Å². The summed E-state index contributed by atoms with van der Waals surface area (Å²) in [5.41, 5.74) is 2.01. The summed E-state index contributed by atoms with van der Waals surface area (Å²) in [6, 6.07) is 19.1. The fourth-order valence-corrected chi connectivity index (χ4v) is 6.28. The standard InChI is InChI=1S/C32H37ClFN3O4S/c1-23-17-18-27(20-28(23)33)37(42(2,40)41)22-31(38)36(21-25-13-9-10-16-29(25)34)30(19-24-11-5-3-6-12-24)32(39)35-26-14-7-4-8-15-26/h3,5-6,9-13,16-18,20,26,30H,4,7-8,14-15,19,21-22H2,1-2H3,(H,35,39). The highest BCUT2D eigenvalue weighted by Crippen LogP contribution is 2.26. The van der Waals surface area contributed by atoms with Crippen LogP contribution in [0.4, 0.5) is 10.1 Å². The Bertz CT molecular complexity index is 1500. The number of benzene rings is 3. The molecule has 1 fully saturated rings. The molecule has 2 amide bonds. The molecule has 1 aliphatic rings. The first-order valence-corrected chi connectivity index (χ1v) is 16.4. The van der Waals surface area contributed by atoms with Crippen molar-refractivity contribution in [3.8, 4) is 0 Å². The molecule has 10 heteroatoms. The van der Waals surface area contributed by atoms with Crippen LogP contribution in [0.5, 0.6) is 0 Å². The fraction of sp³-hybridized carbons (Fsp3) is 0.375. The SMILES string of the molecule is Cc1ccc(N(CC(=O)N(Cc2ccccc2F)C(Cc2ccccc2)C(=O)NC2CCCCC2)S(C)(=O)=O)cc1Cl. The van der Waals surface area contributed by atoms with Gasteiger partial charge < -0.3 is 10.2 Å². The fourth-order valence-electron chi connectivity index (χ4n) is 5.26. The van der Waals surface area contributed by atoms with E-state index in [1.807, 2.05) is 30.3 Å². The van der Waals surface area contributed by atoms with E-state index in [4.69, 9.17) is 11.6 Å². The van der Waals surface area contributed by atoms with Gasteiger partial charge in [-0.15, -0.1) is 0 Å². The molecule has 1 atom stereocenters. The van der Waals surface area contributed by atoms with Gasteiger partial charge >= 0.3 is 0 Å². The van der Waals surface area contributed by atoms with Gasteiger partial charge in [0.25, 0.3) is 0 Å². The maximum atomic E-state index is 14.9. The molecule has 3 aromatic carbocycles. The van der Waals surface area contributed by atoms with Crippen molar-refractivity contribution < 1.29 is 22.4 Å². The van der Waals surface area contributed by atoms with Crippen LogP contribution in [-0.2, 0) is 32.6 Å². The summed E-state index contributed by atoms with van der Waals surface area (Å²) < 4.78 is 41.7. The van der Waals surface area contributed by atoms with Crippen molar-refractivity contribution >= 4 is 39.1 Å². The van der Waals surface area contributed by atoms with Gasteiger partial charge in [0.1, 0.15) is 18.4 Å². The number of nitrogens with one attached hydrogen (secondary N) is 1. The molecule has 0 aromatic heterocycles. The molecule has 0 bridgehead atoms. The van der Waals surface area contributed by atoms with Crippen LogP contribution in [0, 0.1) is 12.7 Å². The van der Waals surface area contributed by atoms with Crippen molar-refractivity contribution in [3.05, 3.63) is 100 Å². The monoisotopic (exact) mass is 613 g/mol. The van der Waals surface area contributed by atoms with Gasteiger partial charge in [-0.2, -0.15) is 0 Å². The Hall–Kier alpha value is -3.43. The zero-order chi connectivity index (χ0) is 30.3. The molecule has 0 radical (unpaired) electrons. The number of anilines is 1. The molecule has 224 valence electrons. The first kappa shape index (κ1) is 31.5. The van der Waals surface area contributed by atoms with Crippen LogP contribution < -0.4 is 9.62 Å². The number of amides is 2. The minimum Gasteiger partial charge on any atom is -0.352 e. The molecular weight excluding hydrogens is 577 g/mol. The molecule has 1 unspecified atom stereocenters. The van der Waals surface area contributed by atoms with Gasteiger partial charge in [0.15, 0.2) is 0 Å². The van der Waals surface area contributed by atoms with E-state index in [2.05, 4.69) is 5.32 Å². The van der Waals surface area contributed by atoms with Crippen molar-refractivity contribution in [2.75, 3.05) is 17.1 Å². The Kier molecular flexibility index (Phi) is 10.6. The zero-order valence-electron chi connectivity index (χ0n) is 23.9. The first-order valence-electron chi connectivity index (χ1n) is 14.1.